The van der Waals surface area contributed by atoms with E-state index < -0.39 is 5.60 Å². The summed E-state index contributed by atoms with van der Waals surface area (Å²) in [7, 11) is 4.74. The number of nitrogens with one attached hydrogen (secondary N) is 1. The highest BCUT2D eigenvalue weighted by Crippen LogP contribution is 2.22. The Bertz CT molecular complexity index is 607. The number of hydrogen-bond donors (Lipinski definition) is 1. The molecular weight excluding hydrogens is 324 g/mol. The first-order valence-electron chi connectivity index (χ1n) is 8.24. The van der Waals surface area contributed by atoms with Crippen LogP contribution in [0.5, 0.6) is 0 Å². The molecule has 0 aliphatic carbocycles. The average Bonchev–Trinajstić information content (AvgIpc) is 2.84. The van der Waals surface area contributed by atoms with E-state index in [1.54, 1.807) is 32.2 Å². The molecule has 2 rings (SSSR count). The van der Waals surface area contributed by atoms with Crippen LogP contribution in [0.2, 0.25) is 0 Å². The number of benzene rings is 1. The van der Waals surface area contributed by atoms with Crippen molar-refractivity contribution in [1.82, 2.24) is 10.2 Å². The van der Waals surface area contributed by atoms with Gasteiger partial charge in [-0.1, -0.05) is 12.1 Å². The topological polar surface area (TPSA) is 77.1 Å². The molecule has 0 radical (unpaired) electrons. The molecule has 138 valence electrons. The summed E-state index contributed by atoms with van der Waals surface area (Å²) in [6.45, 7) is 1.87. The molecule has 1 atom stereocenters. The van der Waals surface area contributed by atoms with E-state index in [0.29, 0.717) is 31.9 Å². The standard InChI is InChI=1S/C18H26N2O5/c1-19-16(21)10-18(24-3)12-20(7-8-25-13-18)17(22)15-6-4-5-14(9-15)11-23-2/h4-6,9H,7-8,10-13H2,1-3H3,(H,19,21). The lowest BCUT2D eigenvalue weighted by molar-refractivity contribution is -0.131. The van der Waals surface area contributed by atoms with Crippen LogP contribution in [0.1, 0.15) is 22.3 Å². The summed E-state index contributed by atoms with van der Waals surface area (Å²) in [5.74, 6) is -0.261. The highest BCUT2D eigenvalue weighted by molar-refractivity contribution is 5.94. The summed E-state index contributed by atoms with van der Waals surface area (Å²) >= 11 is 0. The second-order valence-corrected chi connectivity index (χ2v) is 6.15. The Balaban J connectivity index is 2.20. The van der Waals surface area contributed by atoms with Gasteiger partial charge in [-0.15, -0.1) is 0 Å². The minimum Gasteiger partial charge on any atom is -0.380 e. The molecule has 7 heteroatoms. The maximum absolute atomic E-state index is 12.9. The third-order valence-electron chi connectivity index (χ3n) is 4.32. The van der Waals surface area contributed by atoms with Crippen molar-refractivity contribution in [3.8, 4) is 0 Å². The first kappa shape index (κ1) is 19.4. The lowest BCUT2D eigenvalue weighted by Gasteiger charge is -2.33. The Kier molecular flexibility index (Phi) is 6.92. The van der Waals surface area contributed by atoms with Gasteiger partial charge >= 0.3 is 0 Å². The summed E-state index contributed by atoms with van der Waals surface area (Å²) in [5.41, 5.74) is 0.667. The third kappa shape index (κ3) is 5.01. The van der Waals surface area contributed by atoms with Crippen LogP contribution in [-0.4, -0.2) is 69.9 Å². The summed E-state index contributed by atoms with van der Waals surface area (Å²) in [5, 5.41) is 2.60. The molecule has 7 nitrogen and oxygen atoms in total. The van der Waals surface area contributed by atoms with Gasteiger partial charge in [-0.05, 0) is 17.7 Å². The molecule has 1 aliphatic heterocycles. The second kappa shape index (κ2) is 8.94. The van der Waals surface area contributed by atoms with Crippen molar-refractivity contribution < 1.29 is 23.8 Å². The fourth-order valence-corrected chi connectivity index (χ4v) is 2.91. The second-order valence-electron chi connectivity index (χ2n) is 6.15. The Labute approximate surface area is 148 Å². The molecule has 25 heavy (non-hydrogen) atoms. The molecule has 1 unspecified atom stereocenters. The molecule has 1 saturated heterocycles. The van der Waals surface area contributed by atoms with Crippen LogP contribution in [-0.2, 0) is 25.6 Å². The van der Waals surface area contributed by atoms with Crippen molar-refractivity contribution in [1.29, 1.82) is 0 Å². The molecule has 1 aliphatic rings. The molecule has 1 heterocycles. The number of carbonyl (C=O) groups is 2. The Morgan fingerprint density at radius 2 is 2.16 bits per heavy atom. The zero-order chi connectivity index (χ0) is 18.3. The van der Waals surface area contributed by atoms with Crippen molar-refractivity contribution in [2.45, 2.75) is 18.6 Å². The normalized spacial score (nSPS) is 20.8. The molecule has 0 spiro atoms. The third-order valence-corrected chi connectivity index (χ3v) is 4.32. The molecule has 1 fully saturated rings. The number of rotatable bonds is 6. The largest absolute Gasteiger partial charge is 0.380 e. The SMILES string of the molecule is CNC(=O)CC1(OC)COCCN(C(=O)c2cccc(COC)c2)C1. The number of nitrogens with zero attached hydrogens (tertiary/aromatic N) is 1. The van der Waals surface area contributed by atoms with E-state index in [2.05, 4.69) is 5.32 Å². The van der Waals surface area contributed by atoms with Gasteiger partial charge in [0.05, 0.1) is 32.8 Å². The summed E-state index contributed by atoms with van der Waals surface area (Å²) in [6, 6.07) is 7.35. The Morgan fingerprint density at radius 1 is 1.36 bits per heavy atom. The van der Waals surface area contributed by atoms with Gasteiger partial charge in [0.25, 0.3) is 5.91 Å². The summed E-state index contributed by atoms with van der Waals surface area (Å²) < 4.78 is 16.3. The van der Waals surface area contributed by atoms with Crippen LogP contribution in [0.4, 0.5) is 0 Å². The van der Waals surface area contributed by atoms with Crippen LogP contribution in [0.15, 0.2) is 24.3 Å². The lowest BCUT2D eigenvalue weighted by Crippen LogP contribution is -2.50. The van der Waals surface area contributed by atoms with Gasteiger partial charge in [-0.3, -0.25) is 9.59 Å². The number of hydrogen-bond acceptors (Lipinski definition) is 5. The lowest BCUT2D eigenvalue weighted by atomic mass is 9.98. The van der Waals surface area contributed by atoms with Gasteiger partial charge in [-0.2, -0.15) is 0 Å². The monoisotopic (exact) mass is 350 g/mol. The van der Waals surface area contributed by atoms with Gasteiger partial charge in [0.2, 0.25) is 5.91 Å². The van der Waals surface area contributed by atoms with Gasteiger partial charge in [0.15, 0.2) is 0 Å². The Morgan fingerprint density at radius 3 is 2.84 bits per heavy atom. The molecular formula is C18H26N2O5. The molecule has 0 aromatic heterocycles. The predicted molar refractivity (Wildman–Crippen MR) is 92.3 cm³/mol. The van der Waals surface area contributed by atoms with Gasteiger partial charge < -0.3 is 24.4 Å². The first-order valence-corrected chi connectivity index (χ1v) is 8.24. The van der Waals surface area contributed by atoms with E-state index in [1.165, 1.54) is 0 Å². The van der Waals surface area contributed by atoms with E-state index in [-0.39, 0.29) is 24.8 Å². The fraction of sp³-hybridized carbons (Fsp3) is 0.556. The van der Waals surface area contributed by atoms with Crippen molar-refractivity contribution >= 4 is 11.8 Å². The van der Waals surface area contributed by atoms with Gasteiger partial charge in [0.1, 0.15) is 5.60 Å². The molecule has 0 bridgehead atoms. The quantitative estimate of drug-likeness (QED) is 0.822. The highest BCUT2D eigenvalue weighted by Gasteiger charge is 2.38. The number of ether oxygens (including phenoxy) is 3. The average molecular weight is 350 g/mol. The smallest absolute Gasteiger partial charge is 0.254 e. The van der Waals surface area contributed by atoms with Crippen LogP contribution in [0, 0.1) is 0 Å². The van der Waals surface area contributed by atoms with Crippen molar-refractivity contribution in [2.24, 2.45) is 0 Å². The zero-order valence-electron chi connectivity index (χ0n) is 15.0. The van der Waals surface area contributed by atoms with E-state index in [4.69, 9.17) is 14.2 Å². The van der Waals surface area contributed by atoms with E-state index in [9.17, 15) is 9.59 Å². The van der Waals surface area contributed by atoms with Crippen molar-refractivity contribution in [3.05, 3.63) is 35.4 Å². The maximum atomic E-state index is 12.9. The highest BCUT2D eigenvalue weighted by atomic mass is 16.5. The number of carbonyl (C=O) groups excluding carboxylic acids is 2. The minimum absolute atomic E-state index is 0.109. The van der Waals surface area contributed by atoms with Crippen molar-refractivity contribution in [3.63, 3.8) is 0 Å². The summed E-state index contributed by atoms with van der Waals surface area (Å²) in [6.07, 6.45) is 0.132. The number of methoxy groups -OCH3 is 2. The Hall–Kier alpha value is -1.96. The van der Waals surface area contributed by atoms with Gasteiger partial charge in [-0.25, -0.2) is 0 Å². The van der Waals surface area contributed by atoms with E-state index >= 15 is 0 Å². The zero-order valence-corrected chi connectivity index (χ0v) is 15.0. The molecule has 1 aromatic rings. The van der Waals surface area contributed by atoms with Crippen LogP contribution >= 0.6 is 0 Å². The molecule has 0 saturated carbocycles. The van der Waals surface area contributed by atoms with Crippen LogP contribution < -0.4 is 5.32 Å². The maximum Gasteiger partial charge on any atom is 0.254 e. The van der Waals surface area contributed by atoms with Crippen LogP contribution in [0.3, 0.4) is 0 Å². The van der Waals surface area contributed by atoms with Crippen LogP contribution in [0.25, 0.3) is 0 Å². The number of amides is 2. The van der Waals surface area contributed by atoms with Crippen molar-refractivity contribution in [2.75, 3.05) is 47.6 Å². The molecule has 1 aromatic carbocycles. The summed E-state index contributed by atoms with van der Waals surface area (Å²) in [4.78, 5) is 26.5. The predicted octanol–water partition coefficient (Wildman–Crippen LogP) is 0.827. The fourth-order valence-electron chi connectivity index (χ4n) is 2.91. The molecule has 1 N–H and O–H groups in total. The van der Waals surface area contributed by atoms with Gasteiger partial charge in [0, 0.05) is 33.4 Å². The minimum atomic E-state index is -0.851. The molecule has 2 amide bonds. The van der Waals surface area contributed by atoms with E-state index in [0.717, 1.165) is 5.56 Å². The van der Waals surface area contributed by atoms with E-state index in [1.807, 2.05) is 18.2 Å². The first-order chi connectivity index (χ1) is 12.0.